The highest BCUT2D eigenvalue weighted by Gasteiger charge is 2.30. The predicted molar refractivity (Wildman–Crippen MR) is 98.5 cm³/mol. The van der Waals surface area contributed by atoms with E-state index in [9.17, 15) is 19.4 Å². The smallest absolute Gasteiger partial charge is 0.253 e. The molecule has 0 aliphatic carbocycles. The Bertz CT molecular complexity index is 786. The molecule has 1 aliphatic rings. The molecule has 2 aromatic carbocycles. The molecule has 0 radical (unpaired) electrons. The van der Waals surface area contributed by atoms with Crippen LogP contribution in [-0.2, 0) is 0 Å². The van der Waals surface area contributed by atoms with Gasteiger partial charge in [-0.15, -0.1) is 0 Å². The molecule has 1 aliphatic heterocycles. The van der Waals surface area contributed by atoms with Crippen LogP contribution in [0.4, 0.5) is 4.39 Å². The van der Waals surface area contributed by atoms with Crippen LogP contribution in [0, 0.1) is 17.7 Å². The number of hydrogen-bond donors (Lipinski definition) is 2. The summed E-state index contributed by atoms with van der Waals surface area (Å²) < 4.78 is 14.1. The van der Waals surface area contributed by atoms with Crippen LogP contribution in [-0.4, -0.2) is 47.3 Å². The van der Waals surface area contributed by atoms with Crippen molar-refractivity contribution < 1.29 is 19.4 Å². The summed E-state index contributed by atoms with van der Waals surface area (Å²) >= 11 is 5.97. The van der Waals surface area contributed by atoms with Crippen molar-refractivity contribution in [2.45, 2.75) is 6.42 Å². The van der Waals surface area contributed by atoms with Crippen LogP contribution in [0.15, 0.2) is 42.5 Å². The van der Waals surface area contributed by atoms with Crippen LogP contribution >= 0.6 is 11.6 Å². The van der Waals surface area contributed by atoms with Crippen LogP contribution in [0.3, 0.4) is 0 Å². The Morgan fingerprint density at radius 1 is 1.12 bits per heavy atom. The number of aliphatic hydroxyl groups excluding tert-OH is 2. The zero-order chi connectivity index (χ0) is 18.7. The largest absolute Gasteiger partial charge is 0.396 e. The van der Waals surface area contributed by atoms with Gasteiger partial charge in [-0.2, -0.15) is 0 Å². The minimum absolute atomic E-state index is 0.0198. The van der Waals surface area contributed by atoms with Gasteiger partial charge in [0.15, 0.2) is 0 Å². The zero-order valence-electron chi connectivity index (χ0n) is 14.2. The summed E-state index contributed by atoms with van der Waals surface area (Å²) in [5.74, 6) is -0.680. The zero-order valence-corrected chi connectivity index (χ0v) is 15.0. The Hall–Kier alpha value is -1.95. The van der Waals surface area contributed by atoms with Crippen molar-refractivity contribution in [1.82, 2.24) is 4.90 Å². The number of carbonyl (C=O) groups excluding carboxylic acids is 1. The van der Waals surface area contributed by atoms with Gasteiger partial charge in [0, 0.05) is 54.3 Å². The van der Waals surface area contributed by atoms with E-state index in [0.29, 0.717) is 41.2 Å². The molecule has 4 nitrogen and oxygen atoms in total. The predicted octanol–water partition coefficient (Wildman–Crippen LogP) is 3.21. The first kappa shape index (κ1) is 18.8. The van der Waals surface area contributed by atoms with Gasteiger partial charge >= 0.3 is 0 Å². The molecule has 1 saturated heterocycles. The molecule has 1 amide bonds. The molecule has 2 atom stereocenters. The maximum Gasteiger partial charge on any atom is 0.253 e. The standard InChI is InChI=1S/C20H21ClFNO3/c21-17-4-5-19(22)18(8-17)15-2-1-3-16(7-15)20(26)23-9-13(11-24)6-14(10-23)12-25/h1-5,7-8,13-14,24-25H,6,9-12H2/t13-,14+. The minimum Gasteiger partial charge on any atom is -0.396 e. The highest BCUT2D eigenvalue weighted by molar-refractivity contribution is 6.30. The normalized spacial score (nSPS) is 20.2. The number of benzene rings is 2. The molecule has 0 unspecified atom stereocenters. The Kier molecular flexibility index (Phi) is 5.91. The first-order chi connectivity index (χ1) is 12.5. The van der Waals surface area contributed by atoms with E-state index >= 15 is 0 Å². The number of rotatable bonds is 4. The fourth-order valence-corrected chi connectivity index (χ4v) is 3.64. The highest BCUT2D eigenvalue weighted by atomic mass is 35.5. The van der Waals surface area contributed by atoms with Crippen LogP contribution in [0.2, 0.25) is 5.02 Å². The number of nitrogens with zero attached hydrogens (tertiary/aromatic N) is 1. The van der Waals surface area contributed by atoms with Gasteiger partial charge < -0.3 is 15.1 Å². The van der Waals surface area contributed by atoms with E-state index in [0.717, 1.165) is 0 Å². The molecule has 0 aromatic heterocycles. The van der Waals surface area contributed by atoms with Crippen molar-refractivity contribution in [3.05, 3.63) is 58.9 Å². The lowest BCUT2D eigenvalue weighted by Crippen LogP contribution is -2.45. The molecule has 6 heteroatoms. The molecule has 0 spiro atoms. The van der Waals surface area contributed by atoms with Gasteiger partial charge in [0.1, 0.15) is 5.82 Å². The highest BCUT2D eigenvalue weighted by Crippen LogP contribution is 2.28. The van der Waals surface area contributed by atoms with Crippen LogP contribution in [0.25, 0.3) is 11.1 Å². The van der Waals surface area contributed by atoms with E-state index in [-0.39, 0.29) is 31.0 Å². The Labute approximate surface area is 156 Å². The van der Waals surface area contributed by atoms with E-state index in [1.54, 1.807) is 29.2 Å². The number of carbonyl (C=O) groups is 1. The second-order valence-electron chi connectivity index (χ2n) is 6.75. The summed E-state index contributed by atoms with van der Waals surface area (Å²) in [6.07, 6.45) is 0.699. The SMILES string of the molecule is O=C(c1cccc(-c2cc(Cl)ccc2F)c1)N1C[C@H](CO)C[C@H](CO)C1. The van der Waals surface area contributed by atoms with E-state index < -0.39 is 5.82 Å². The molecular weight excluding hydrogens is 357 g/mol. The molecule has 138 valence electrons. The molecular formula is C20H21ClFNO3. The Balaban J connectivity index is 1.87. The third-order valence-electron chi connectivity index (χ3n) is 4.78. The van der Waals surface area contributed by atoms with Gasteiger partial charge in [-0.1, -0.05) is 23.7 Å². The van der Waals surface area contributed by atoms with Gasteiger partial charge in [0.25, 0.3) is 5.91 Å². The minimum atomic E-state index is -0.405. The van der Waals surface area contributed by atoms with E-state index in [1.807, 2.05) is 0 Å². The van der Waals surface area contributed by atoms with Crippen molar-refractivity contribution in [2.75, 3.05) is 26.3 Å². The first-order valence-electron chi connectivity index (χ1n) is 8.58. The number of likely N-dealkylation sites (tertiary alicyclic amines) is 1. The maximum atomic E-state index is 14.1. The second kappa shape index (κ2) is 8.16. The Morgan fingerprint density at radius 3 is 2.46 bits per heavy atom. The molecule has 0 bridgehead atoms. The molecule has 26 heavy (non-hydrogen) atoms. The van der Waals surface area contributed by atoms with E-state index in [1.165, 1.54) is 18.2 Å². The molecule has 2 N–H and O–H groups in total. The van der Waals surface area contributed by atoms with Crippen LogP contribution < -0.4 is 0 Å². The average molecular weight is 378 g/mol. The Morgan fingerprint density at radius 2 is 1.81 bits per heavy atom. The first-order valence-corrected chi connectivity index (χ1v) is 8.96. The number of amides is 1. The second-order valence-corrected chi connectivity index (χ2v) is 7.18. The topological polar surface area (TPSA) is 60.8 Å². The third kappa shape index (κ3) is 4.06. The molecule has 1 fully saturated rings. The summed E-state index contributed by atoms with van der Waals surface area (Å²) in [6, 6.07) is 11.1. The summed E-state index contributed by atoms with van der Waals surface area (Å²) in [5, 5.41) is 19.3. The number of aliphatic hydroxyl groups is 2. The summed E-state index contributed by atoms with van der Waals surface area (Å²) in [6.45, 7) is 0.852. The molecule has 2 aromatic rings. The fourth-order valence-electron chi connectivity index (χ4n) is 3.47. The third-order valence-corrected chi connectivity index (χ3v) is 5.01. The lowest BCUT2D eigenvalue weighted by Gasteiger charge is -2.36. The van der Waals surface area contributed by atoms with Crippen molar-refractivity contribution in [1.29, 1.82) is 0 Å². The van der Waals surface area contributed by atoms with E-state index in [2.05, 4.69) is 0 Å². The van der Waals surface area contributed by atoms with Crippen molar-refractivity contribution in [3.63, 3.8) is 0 Å². The molecule has 1 heterocycles. The number of piperidine rings is 1. The van der Waals surface area contributed by atoms with Gasteiger partial charge in [-0.3, -0.25) is 4.79 Å². The number of halogens is 2. The van der Waals surface area contributed by atoms with Gasteiger partial charge in [-0.25, -0.2) is 4.39 Å². The van der Waals surface area contributed by atoms with Crippen molar-refractivity contribution in [3.8, 4) is 11.1 Å². The maximum absolute atomic E-state index is 14.1. The summed E-state index contributed by atoms with van der Waals surface area (Å²) in [5.41, 5.74) is 1.36. The quantitative estimate of drug-likeness (QED) is 0.860. The van der Waals surface area contributed by atoms with E-state index in [4.69, 9.17) is 11.6 Å². The average Bonchev–Trinajstić information content (AvgIpc) is 2.68. The van der Waals surface area contributed by atoms with Crippen LogP contribution in [0.5, 0.6) is 0 Å². The van der Waals surface area contributed by atoms with Gasteiger partial charge in [-0.05, 0) is 42.3 Å². The van der Waals surface area contributed by atoms with Gasteiger partial charge in [0.05, 0.1) is 0 Å². The number of hydrogen-bond acceptors (Lipinski definition) is 3. The lowest BCUT2D eigenvalue weighted by atomic mass is 9.89. The molecule has 0 saturated carbocycles. The van der Waals surface area contributed by atoms with Gasteiger partial charge in [0.2, 0.25) is 0 Å². The summed E-state index contributed by atoms with van der Waals surface area (Å²) in [7, 11) is 0. The monoisotopic (exact) mass is 377 g/mol. The molecule has 3 rings (SSSR count). The van der Waals surface area contributed by atoms with Crippen molar-refractivity contribution >= 4 is 17.5 Å². The van der Waals surface area contributed by atoms with Crippen molar-refractivity contribution in [2.24, 2.45) is 11.8 Å². The van der Waals surface area contributed by atoms with Crippen LogP contribution in [0.1, 0.15) is 16.8 Å². The lowest BCUT2D eigenvalue weighted by molar-refractivity contribution is 0.0415. The summed E-state index contributed by atoms with van der Waals surface area (Å²) in [4.78, 5) is 14.6. The fraction of sp³-hybridized carbons (Fsp3) is 0.350.